The van der Waals surface area contributed by atoms with Gasteiger partial charge in [0, 0.05) is 11.8 Å². The number of aromatic nitrogens is 1. The summed E-state index contributed by atoms with van der Waals surface area (Å²) in [4.78, 5) is 15.7. The van der Waals surface area contributed by atoms with E-state index in [0.29, 0.717) is 17.1 Å². The van der Waals surface area contributed by atoms with E-state index in [1.165, 1.54) is 12.8 Å². The average molecular weight is 277 g/mol. The molecule has 0 amide bonds. The minimum atomic E-state index is -0.857. The third-order valence-electron chi connectivity index (χ3n) is 3.37. The minimum Gasteiger partial charge on any atom is -0.478 e. The highest BCUT2D eigenvalue weighted by Crippen LogP contribution is 2.29. The first-order chi connectivity index (χ1) is 9.20. The maximum Gasteiger partial charge on any atom is 0.336 e. The summed E-state index contributed by atoms with van der Waals surface area (Å²) >= 11 is 1.66. The van der Waals surface area contributed by atoms with Crippen LogP contribution in [0.2, 0.25) is 0 Å². The second-order valence-electron chi connectivity index (χ2n) is 4.75. The third-order valence-corrected chi connectivity index (χ3v) is 4.20. The summed E-state index contributed by atoms with van der Waals surface area (Å²) in [6.45, 7) is 2.07. The molecule has 1 fully saturated rings. The number of rotatable bonds is 5. The summed E-state index contributed by atoms with van der Waals surface area (Å²) < 4.78 is 0. The lowest BCUT2D eigenvalue weighted by Gasteiger charge is -2.07. The van der Waals surface area contributed by atoms with Crippen LogP contribution in [0.15, 0.2) is 29.4 Å². The van der Waals surface area contributed by atoms with Crippen LogP contribution < -0.4 is 0 Å². The molecule has 0 radical (unpaired) electrons. The van der Waals surface area contributed by atoms with Gasteiger partial charge in [0.05, 0.1) is 10.6 Å². The SMILES string of the molecule is CCSc1ccc(/C(=C\C2CCCC2)C(=O)O)cn1. The molecule has 1 saturated carbocycles. The van der Waals surface area contributed by atoms with Gasteiger partial charge >= 0.3 is 5.97 Å². The van der Waals surface area contributed by atoms with E-state index in [1.807, 2.05) is 18.2 Å². The number of carbonyl (C=O) groups is 1. The highest BCUT2D eigenvalue weighted by Gasteiger charge is 2.17. The van der Waals surface area contributed by atoms with E-state index in [-0.39, 0.29) is 0 Å². The minimum absolute atomic E-state index is 0.396. The van der Waals surface area contributed by atoms with Crippen molar-refractivity contribution in [1.82, 2.24) is 4.98 Å². The van der Waals surface area contributed by atoms with Crippen LogP contribution in [0.4, 0.5) is 0 Å². The van der Waals surface area contributed by atoms with Gasteiger partial charge in [0.15, 0.2) is 0 Å². The van der Waals surface area contributed by atoms with Crippen molar-refractivity contribution in [2.75, 3.05) is 5.75 Å². The number of hydrogen-bond donors (Lipinski definition) is 1. The molecule has 3 nitrogen and oxygen atoms in total. The Bertz CT molecular complexity index is 462. The van der Waals surface area contributed by atoms with Crippen LogP contribution in [-0.4, -0.2) is 21.8 Å². The largest absolute Gasteiger partial charge is 0.478 e. The van der Waals surface area contributed by atoms with Crippen molar-refractivity contribution in [2.45, 2.75) is 37.6 Å². The Morgan fingerprint density at radius 2 is 2.21 bits per heavy atom. The highest BCUT2D eigenvalue weighted by molar-refractivity contribution is 7.99. The molecule has 4 heteroatoms. The molecular weight excluding hydrogens is 258 g/mol. The number of nitrogens with zero attached hydrogens (tertiary/aromatic N) is 1. The molecule has 0 aliphatic heterocycles. The zero-order valence-corrected chi connectivity index (χ0v) is 11.9. The number of hydrogen-bond acceptors (Lipinski definition) is 3. The number of carboxylic acid groups (broad SMARTS) is 1. The van der Waals surface area contributed by atoms with Gasteiger partial charge in [-0.3, -0.25) is 0 Å². The van der Waals surface area contributed by atoms with Gasteiger partial charge in [-0.25, -0.2) is 9.78 Å². The van der Waals surface area contributed by atoms with E-state index in [4.69, 9.17) is 0 Å². The molecule has 0 bridgehead atoms. The van der Waals surface area contributed by atoms with Crippen LogP contribution >= 0.6 is 11.8 Å². The van der Waals surface area contributed by atoms with E-state index in [2.05, 4.69) is 11.9 Å². The summed E-state index contributed by atoms with van der Waals surface area (Å²) in [5.74, 6) is 0.524. The van der Waals surface area contributed by atoms with Crippen molar-refractivity contribution in [2.24, 2.45) is 5.92 Å². The van der Waals surface area contributed by atoms with Gasteiger partial charge in [-0.2, -0.15) is 0 Å². The lowest BCUT2D eigenvalue weighted by Crippen LogP contribution is -2.03. The van der Waals surface area contributed by atoms with Gasteiger partial charge < -0.3 is 5.11 Å². The Kier molecular flexibility index (Phi) is 5.02. The molecule has 1 heterocycles. The van der Waals surface area contributed by atoms with Gasteiger partial charge in [0.2, 0.25) is 0 Å². The van der Waals surface area contributed by atoms with Crippen molar-refractivity contribution in [3.8, 4) is 0 Å². The van der Waals surface area contributed by atoms with Gasteiger partial charge in [0.25, 0.3) is 0 Å². The van der Waals surface area contributed by atoms with Gasteiger partial charge in [-0.15, -0.1) is 11.8 Å². The number of allylic oxidation sites excluding steroid dienone is 1. The molecule has 1 aromatic rings. The number of aliphatic carboxylic acids is 1. The topological polar surface area (TPSA) is 50.2 Å². The first-order valence-electron chi connectivity index (χ1n) is 6.75. The number of thioether (sulfide) groups is 1. The predicted octanol–water partition coefficient (Wildman–Crippen LogP) is 3.85. The highest BCUT2D eigenvalue weighted by atomic mass is 32.2. The molecule has 0 saturated heterocycles. The van der Waals surface area contributed by atoms with E-state index < -0.39 is 5.97 Å². The fourth-order valence-corrected chi connectivity index (χ4v) is 3.01. The number of carboxylic acids is 1. The van der Waals surface area contributed by atoms with Crippen LogP contribution in [0.3, 0.4) is 0 Å². The van der Waals surface area contributed by atoms with E-state index in [0.717, 1.165) is 23.6 Å². The van der Waals surface area contributed by atoms with Gasteiger partial charge in [-0.1, -0.05) is 25.8 Å². The van der Waals surface area contributed by atoms with Crippen LogP contribution in [0.1, 0.15) is 38.2 Å². The van der Waals surface area contributed by atoms with Crippen LogP contribution in [0.25, 0.3) is 5.57 Å². The van der Waals surface area contributed by atoms with Crippen molar-refractivity contribution in [1.29, 1.82) is 0 Å². The molecule has 0 aromatic carbocycles. The summed E-state index contributed by atoms with van der Waals surface area (Å²) in [6.07, 6.45) is 8.21. The standard InChI is InChI=1S/C15H19NO2S/c1-2-19-14-8-7-12(10-16-14)13(15(17)18)9-11-5-3-4-6-11/h7-11H,2-6H2,1H3,(H,17,18)/b13-9+. The molecule has 0 unspecified atom stereocenters. The molecule has 102 valence electrons. The lowest BCUT2D eigenvalue weighted by molar-refractivity contribution is -0.130. The Hall–Kier alpha value is -1.29. The van der Waals surface area contributed by atoms with Crippen molar-refractivity contribution >= 4 is 23.3 Å². The zero-order chi connectivity index (χ0) is 13.7. The maximum atomic E-state index is 11.4. The van der Waals surface area contributed by atoms with Crippen molar-refractivity contribution in [3.63, 3.8) is 0 Å². The Balaban J connectivity index is 2.20. The fraction of sp³-hybridized carbons (Fsp3) is 0.467. The Morgan fingerprint density at radius 3 is 2.74 bits per heavy atom. The third kappa shape index (κ3) is 3.83. The van der Waals surface area contributed by atoms with Crippen LogP contribution in [-0.2, 0) is 4.79 Å². The monoisotopic (exact) mass is 277 g/mol. The van der Waals surface area contributed by atoms with E-state index in [1.54, 1.807) is 18.0 Å². The van der Waals surface area contributed by atoms with Gasteiger partial charge in [-0.05, 0) is 36.6 Å². The molecule has 0 atom stereocenters. The van der Waals surface area contributed by atoms with Crippen molar-refractivity contribution < 1.29 is 9.90 Å². The second kappa shape index (κ2) is 6.75. The summed E-state index contributed by atoms with van der Waals surface area (Å²) in [5.41, 5.74) is 1.10. The van der Waals surface area contributed by atoms with Crippen molar-refractivity contribution in [3.05, 3.63) is 30.0 Å². The molecule has 1 aromatic heterocycles. The van der Waals surface area contributed by atoms with E-state index >= 15 is 0 Å². The molecule has 1 N–H and O–H groups in total. The smallest absolute Gasteiger partial charge is 0.336 e. The fourth-order valence-electron chi connectivity index (χ4n) is 2.42. The van der Waals surface area contributed by atoms with Gasteiger partial charge in [0.1, 0.15) is 0 Å². The normalized spacial score (nSPS) is 16.8. The summed E-state index contributed by atoms with van der Waals surface area (Å²) in [5, 5.41) is 10.3. The average Bonchev–Trinajstić information content (AvgIpc) is 2.90. The molecule has 1 aliphatic carbocycles. The second-order valence-corrected chi connectivity index (χ2v) is 6.03. The predicted molar refractivity (Wildman–Crippen MR) is 78.2 cm³/mol. The van der Waals surface area contributed by atoms with Crippen LogP contribution in [0.5, 0.6) is 0 Å². The Labute approximate surface area is 118 Å². The molecule has 19 heavy (non-hydrogen) atoms. The first-order valence-corrected chi connectivity index (χ1v) is 7.73. The summed E-state index contributed by atoms with van der Waals surface area (Å²) in [7, 11) is 0. The first kappa shape index (κ1) is 14.1. The molecule has 2 rings (SSSR count). The number of pyridine rings is 1. The quantitative estimate of drug-likeness (QED) is 0.656. The van der Waals surface area contributed by atoms with E-state index in [9.17, 15) is 9.90 Å². The molecular formula is C15H19NO2S. The Morgan fingerprint density at radius 1 is 1.47 bits per heavy atom. The molecule has 0 spiro atoms. The summed E-state index contributed by atoms with van der Waals surface area (Å²) in [6, 6.07) is 3.76. The zero-order valence-electron chi connectivity index (χ0n) is 11.1. The lowest BCUT2D eigenvalue weighted by atomic mass is 10.00. The maximum absolute atomic E-state index is 11.4. The van der Waals surface area contributed by atoms with Crippen LogP contribution in [0, 0.1) is 5.92 Å². The molecule has 1 aliphatic rings.